The summed E-state index contributed by atoms with van der Waals surface area (Å²) in [4.78, 5) is 11.0. The van der Waals surface area contributed by atoms with Crippen LogP contribution in [0.25, 0.3) is 216 Å². The van der Waals surface area contributed by atoms with Crippen molar-refractivity contribution in [2.75, 3.05) is 0 Å². The highest BCUT2D eigenvalue weighted by Gasteiger charge is 2.21. The molecule has 7 heterocycles. The van der Waals surface area contributed by atoms with Gasteiger partial charge in [0.2, 0.25) is 0 Å². The fraction of sp³-hybridized carbons (Fsp3) is 0. The van der Waals surface area contributed by atoms with Crippen LogP contribution in [0.4, 0.5) is 0 Å². The Kier molecular flexibility index (Phi) is 12.0. The summed E-state index contributed by atoms with van der Waals surface area (Å²) in [7, 11) is 0. The van der Waals surface area contributed by atoms with E-state index in [-0.39, 0.29) is 0 Å². The van der Waals surface area contributed by atoms with E-state index in [1.807, 2.05) is 36.4 Å². The third-order valence-electron chi connectivity index (χ3n) is 21.1. The molecule has 0 N–H and O–H groups in total. The molecule has 0 fully saturated rings. The Labute approximate surface area is 582 Å². The Morgan fingerprint density at radius 2 is 0.490 bits per heavy atom. The van der Waals surface area contributed by atoms with Gasteiger partial charge in [0.05, 0.1) is 44.5 Å². The van der Waals surface area contributed by atoms with Gasteiger partial charge in [-0.25, -0.2) is 9.97 Å². The van der Waals surface area contributed by atoms with Crippen LogP contribution in [0, 0.1) is 0 Å². The minimum atomic E-state index is 0.625. The molecule has 0 unspecified atom stereocenters. The molecule has 8 heteroatoms. The van der Waals surface area contributed by atoms with Gasteiger partial charge in [-0.3, -0.25) is 0 Å². The second-order valence-electron chi connectivity index (χ2n) is 26.8. The first-order chi connectivity index (χ1) is 50.5. The molecule has 22 aromatic rings. The molecule has 8 nitrogen and oxygen atoms in total. The molecule has 0 aliphatic heterocycles. The van der Waals surface area contributed by atoms with Gasteiger partial charge in [0, 0.05) is 98.4 Å². The van der Waals surface area contributed by atoms with Gasteiger partial charge in [0.15, 0.2) is 5.82 Å². The van der Waals surface area contributed by atoms with E-state index in [0.717, 1.165) is 177 Å². The first-order valence-electron chi connectivity index (χ1n) is 34.6. The van der Waals surface area contributed by atoms with Crippen molar-refractivity contribution in [1.29, 1.82) is 0 Å². The topological polar surface area (TPSA) is 80.0 Å². The summed E-state index contributed by atoms with van der Waals surface area (Å²) < 4.78 is 26.2. The Morgan fingerprint density at radius 1 is 0.176 bits per heavy atom. The number of nitrogens with zero attached hydrogens (tertiary/aromatic N) is 5. The van der Waals surface area contributed by atoms with Gasteiger partial charge in [-0.1, -0.05) is 170 Å². The second-order valence-corrected chi connectivity index (χ2v) is 26.8. The predicted octanol–water partition coefficient (Wildman–Crippen LogP) is 25.5. The third kappa shape index (κ3) is 8.69. The number of fused-ring (bicyclic) bond motifs is 18. The lowest BCUT2D eigenvalue weighted by atomic mass is 10.0. The SMILES string of the molecule is c1cc(-c2cc(-c3ccc(-n4c5ccccc5c5cc(-c6ccc7c(c6)oc6ccccc67)ccc54)cc3)nc(-c3ccc(-n4c5ccccc5c5cc(-c6ccc7c(c6)oc6ccccc67)ccc54)cc3)n2)cc(-n2c3ccccc3c3cc(-c4ccc5c(c4)oc4ccccc45)ccc32)c1. The van der Waals surface area contributed by atoms with E-state index in [4.69, 9.17) is 23.2 Å². The Balaban J connectivity index is 0.652. The predicted molar refractivity (Wildman–Crippen MR) is 419 cm³/mol. The minimum absolute atomic E-state index is 0.625. The summed E-state index contributed by atoms with van der Waals surface area (Å²) >= 11 is 0. The number of furan rings is 3. The number of hydrogen-bond acceptors (Lipinski definition) is 5. The zero-order valence-corrected chi connectivity index (χ0v) is 54.7. The van der Waals surface area contributed by atoms with Crippen molar-refractivity contribution in [2.45, 2.75) is 0 Å². The quantitative estimate of drug-likeness (QED) is 0.144. The Morgan fingerprint density at radius 3 is 0.912 bits per heavy atom. The summed E-state index contributed by atoms with van der Waals surface area (Å²) in [6, 6.07) is 119. The Hall–Kier alpha value is -13.8. The van der Waals surface area contributed by atoms with Crippen molar-refractivity contribution in [2.24, 2.45) is 0 Å². The van der Waals surface area contributed by atoms with Gasteiger partial charge in [0.1, 0.15) is 33.5 Å². The second kappa shape index (κ2) is 21.8. The smallest absolute Gasteiger partial charge is 0.160 e. The highest BCUT2D eigenvalue weighted by atomic mass is 16.3. The average Bonchev–Trinajstić information content (AvgIpc) is 1.60. The van der Waals surface area contributed by atoms with Gasteiger partial charge in [-0.05, 0) is 197 Å². The van der Waals surface area contributed by atoms with Gasteiger partial charge in [-0.2, -0.15) is 0 Å². The standard InChI is InChI=1S/C94H55N5O3/c1-7-22-82-68(16-1)77-49-58(61-32-42-74-71-19-4-10-25-88(71)100-91(74)52-61)35-45-85(77)97(82)65-38-28-56(29-39-65)80-55-81(64-14-13-15-67(48-64)99-84-24-9-3-18-70(84)79-51-60(37-47-87(79)99)63-34-44-76-73-21-6-12-27-90(73)102-93(76)54-63)96-94(95-80)57-30-40-66(41-31-57)98-83-23-8-2-17-69(83)78-50-59(36-46-86(78)98)62-33-43-75-72-20-5-11-26-89(72)101-92(75)53-62/h1-55H. The summed E-state index contributed by atoms with van der Waals surface area (Å²) in [5.41, 5.74) is 26.4. The molecule has 0 aliphatic carbocycles. The molecule has 474 valence electrons. The van der Waals surface area contributed by atoms with Crippen LogP contribution in [0.2, 0.25) is 0 Å². The maximum atomic E-state index is 6.37. The van der Waals surface area contributed by atoms with E-state index in [1.54, 1.807) is 0 Å². The summed E-state index contributed by atoms with van der Waals surface area (Å²) in [6.45, 7) is 0. The maximum Gasteiger partial charge on any atom is 0.160 e. The van der Waals surface area contributed by atoms with Crippen molar-refractivity contribution < 1.29 is 13.3 Å². The molecule has 0 spiro atoms. The van der Waals surface area contributed by atoms with Crippen LogP contribution in [0.15, 0.2) is 347 Å². The largest absolute Gasteiger partial charge is 0.456 e. The summed E-state index contributed by atoms with van der Waals surface area (Å²) in [5, 5.41) is 13.8. The van der Waals surface area contributed by atoms with Crippen molar-refractivity contribution in [3.05, 3.63) is 334 Å². The van der Waals surface area contributed by atoms with Gasteiger partial charge >= 0.3 is 0 Å². The molecule has 0 aliphatic rings. The van der Waals surface area contributed by atoms with Crippen LogP contribution >= 0.6 is 0 Å². The highest BCUT2D eigenvalue weighted by Crippen LogP contribution is 2.43. The van der Waals surface area contributed by atoms with Crippen LogP contribution in [0.3, 0.4) is 0 Å². The lowest BCUT2D eigenvalue weighted by Crippen LogP contribution is -1.99. The molecule has 0 saturated heterocycles. The van der Waals surface area contributed by atoms with E-state index in [9.17, 15) is 0 Å². The van der Waals surface area contributed by atoms with Crippen LogP contribution in [0.5, 0.6) is 0 Å². The summed E-state index contributed by atoms with van der Waals surface area (Å²) in [6.07, 6.45) is 0. The number of para-hydroxylation sites is 6. The van der Waals surface area contributed by atoms with E-state index in [0.29, 0.717) is 5.82 Å². The first-order valence-corrected chi connectivity index (χ1v) is 34.6. The van der Waals surface area contributed by atoms with Crippen molar-refractivity contribution in [3.63, 3.8) is 0 Å². The molecule has 0 radical (unpaired) electrons. The van der Waals surface area contributed by atoms with Crippen LogP contribution in [0.1, 0.15) is 0 Å². The highest BCUT2D eigenvalue weighted by molar-refractivity contribution is 6.15. The van der Waals surface area contributed by atoms with Gasteiger partial charge in [-0.15, -0.1) is 0 Å². The molecule has 0 atom stereocenters. The number of hydrogen-bond donors (Lipinski definition) is 0. The van der Waals surface area contributed by atoms with E-state index < -0.39 is 0 Å². The number of aromatic nitrogens is 5. The fourth-order valence-electron chi connectivity index (χ4n) is 16.2. The van der Waals surface area contributed by atoms with Crippen LogP contribution in [-0.2, 0) is 0 Å². The fourth-order valence-corrected chi connectivity index (χ4v) is 16.2. The van der Waals surface area contributed by atoms with Crippen molar-refractivity contribution >= 4 is 131 Å². The van der Waals surface area contributed by atoms with Crippen LogP contribution in [-0.4, -0.2) is 23.7 Å². The lowest BCUT2D eigenvalue weighted by Gasteiger charge is -2.14. The minimum Gasteiger partial charge on any atom is -0.456 e. The molecular formula is C94H55N5O3. The zero-order chi connectivity index (χ0) is 66.7. The molecule has 0 saturated carbocycles. The lowest BCUT2D eigenvalue weighted by molar-refractivity contribution is 0.668. The molecule has 22 rings (SSSR count). The van der Waals surface area contributed by atoms with Gasteiger partial charge < -0.3 is 27.0 Å². The molecule has 0 bridgehead atoms. The molecule has 102 heavy (non-hydrogen) atoms. The maximum absolute atomic E-state index is 6.37. The third-order valence-corrected chi connectivity index (χ3v) is 21.1. The molecule has 0 amide bonds. The van der Waals surface area contributed by atoms with E-state index >= 15 is 0 Å². The average molecular weight is 1300 g/mol. The van der Waals surface area contributed by atoms with Crippen LogP contribution < -0.4 is 0 Å². The normalized spacial score (nSPS) is 12.1. The van der Waals surface area contributed by atoms with Crippen molar-refractivity contribution in [3.8, 4) is 84.3 Å². The Bertz CT molecular complexity index is 6960. The molecule has 15 aromatic carbocycles. The summed E-state index contributed by atoms with van der Waals surface area (Å²) in [5.74, 6) is 0.625. The van der Waals surface area contributed by atoms with Gasteiger partial charge in [0.25, 0.3) is 0 Å². The molecular weight excluding hydrogens is 1250 g/mol. The first kappa shape index (κ1) is 56.2. The van der Waals surface area contributed by atoms with E-state index in [2.05, 4.69) is 311 Å². The molecule has 7 aromatic heterocycles. The van der Waals surface area contributed by atoms with E-state index in [1.165, 1.54) is 32.3 Å². The van der Waals surface area contributed by atoms with Crippen molar-refractivity contribution in [1.82, 2.24) is 23.7 Å². The number of benzene rings is 15. The monoisotopic (exact) mass is 1300 g/mol. The zero-order valence-electron chi connectivity index (χ0n) is 54.7. The number of rotatable bonds is 9.